The van der Waals surface area contributed by atoms with E-state index >= 15 is 0 Å². The van der Waals surface area contributed by atoms with Crippen molar-refractivity contribution in [2.45, 2.75) is 181 Å². The van der Waals surface area contributed by atoms with Crippen molar-refractivity contribution in [3.63, 3.8) is 0 Å². The summed E-state index contributed by atoms with van der Waals surface area (Å²) in [4.78, 5) is 0. The van der Waals surface area contributed by atoms with Gasteiger partial charge < -0.3 is 30.1 Å². The third kappa shape index (κ3) is 18.7. The van der Waals surface area contributed by atoms with Crippen LogP contribution in [0.3, 0.4) is 0 Å². The van der Waals surface area contributed by atoms with E-state index in [0.717, 1.165) is 0 Å². The Bertz CT molecular complexity index is 537. The van der Waals surface area contributed by atoms with E-state index in [1.807, 2.05) is 0 Å². The van der Waals surface area contributed by atoms with Gasteiger partial charge in [-0.05, 0) is 0 Å². The van der Waals surface area contributed by atoms with Crippen LogP contribution in [0.4, 0.5) is 0 Å². The van der Waals surface area contributed by atoms with Crippen LogP contribution in [0.1, 0.15) is 169 Å². The van der Waals surface area contributed by atoms with Crippen LogP contribution >= 0.6 is 0 Å². The second kappa shape index (κ2) is 25.7. The van der Waals surface area contributed by atoms with Crippen LogP contribution in [-0.2, 0) is 21.7 Å². The average Bonchev–Trinajstić information content (AvgIpc) is 3.03. The van der Waals surface area contributed by atoms with Crippen LogP contribution in [0.15, 0.2) is 16.7 Å². The quantitative estimate of drug-likeness (QED) is 0.302. The second-order valence-electron chi connectivity index (χ2n) is 11.8. The third-order valence-electron chi connectivity index (χ3n) is 8.81. The summed E-state index contributed by atoms with van der Waals surface area (Å²) in [6.07, 6.45) is 35.2. The normalized spacial score (nSPS) is 24.1. The largest absolute Gasteiger partial charge is 4.00 e. The van der Waals surface area contributed by atoms with Crippen molar-refractivity contribution < 1.29 is 46.5 Å². The van der Waals surface area contributed by atoms with Gasteiger partial charge in [0.2, 0.25) is 0 Å². The van der Waals surface area contributed by atoms with E-state index in [0.29, 0.717) is 18.0 Å². The van der Waals surface area contributed by atoms with Gasteiger partial charge in [-0.1, -0.05) is 168 Å². The maximum absolute atomic E-state index is 5.45. The van der Waals surface area contributed by atoms with Crippen molar-refractivity contribution in [3.05, 3.63) is 28.1 Å². The van der Waals surface area contributed by atoms with Gasteiger partial charge in [-0.15, -0.1) is 19.0 Å². The van der Waals surface area contributed by atoms with Crippen LogP contribution in [0.2, 0.25) is 0 Å². The molecule has 4 heteroatoms. The first-order valence-corrected chi connectivity index (χ1v) is 15.6. The molecule has 0 spiro atoms. The van der Waals surface area contributed by atoms with Gasteiger partial charge in [0.15, 0.2) is 0 Å². The van der Waals surface area contributed by atoms with Crippen molar-refractivity contribution in [3.8, 4) is 0 Å². The Morgan fingerprint density at radius 2 is 0.784 bits per heavy atom. The molecule has 0 amide bonds. The van der Waals surface area contributed by atoms with E-state index in [4.69, 9.17) is 5.32 Å². The molecule has 0 aromatic rings. The maximum Gasteiger partial charge on any atom is 4.00 e. The zero-order valence-electron chi connectivity index (χ0n) is 25.0. The summed E-state index contributed by atoms with van der Waals surface area (Å²) >= 11 is 0. The second-order valence-corrected chi connectivity index (χ2v) is 11.8. The van der Waals surface area contributed by atoms with Crippen molar-refractivity contribution in [1.29, 1.82) is 0 Å². The molecule has 2 fully saturated rings. The van der Waals surface area contributed by atoms with E-state index < -0.39 is 0 Å². The van der Waals surface area contributed by atoms with Crippen molar-refractivity contribution in [2.24, 2.45) is 5.92 Å². The SMILES string of the molecule is C1CCCCCC([N-]C2CCCCCCCCCCC2)CCCCC1.CC1=[C-]C(C)C(C)=C1C.[Cl-].[Cl-].[Ti+4]. The predicted octanol–water partition coefficient (Wildman–Crippen LogP) is 5.43. The van der Waals surface area contributed by atoms with Crippen LogP contribution < -0.4 is 24.8 Å². The standard InChI is InChI=1S/C24H46N.C9H13.2ClH.Ti/c1-3-7-11-15-19-23(20-16-12-8-4-1)25-24-21-17-13-9-5-2-6-10-14-18-22-24;1-6-5-7(2)9(4)8(6)3;;;/h23-24H,1-22H2;6H,1-4H3;2*1H;/q2*-1;;;+4/p-2. The molecule has 0 aromatic heterocycles. The number of rotatable bonds is 2. The first-order valence-electron chi connectivity index (χ1n) is 15.6. The fraction of sp³-hybridized carbons (Fsp3) is 0.879. The fourth-order valence-corrected chi connectivity index (χ4v) is 6.04. The van der Waals surface area contributed by atoms with Gasteiger partial charge in [0.1, 0.15) is 0 Å². The minimum atomic E-state index is 0. The number of halogens is 2. The van der Waals surface area contributed by atoms with E-state index in [9.17, 15) is 0 Å². The summed E-state index contributed by atoms with van der Waals surface area (Å²) in [5.74, 6) is 0.560. The van der Waals surface area contributed by atoms with E-state index in [2.05, 4.69) is 33.8 Å². The van der Waals surface area contributed by atoms with E-state index in [1.54, 1.807) is 0 Å². The molecule has 1 nitrogen and oxygen atoms in total. The Hall–Kier alpha value is 0.734. The van der Waals surface area contributed by atoms with Crippen molar-refractivity contribution in [1.82, 2.24) is 0 Å². The van der Waals surface area contributed by atoms with Crippen LogP contribution in [-0.4, -0.2) is 12.1 Å². The Labute approximate surface area is 260 Å². The van der Waals surface area contributed by atoms with Gasteiger partial charge in [0.25, 0.3) is 0 Å². The van der Waals surface area contributed by atoms with Gasteiger partial charge in [-0.25, -0.2) is 5.57 Å². The number of nitrogens with zero attached hydrogens (tertiary/aromatic N) is 1. The van der Waals surface area contributed by atoms with Crippen LogP contribution in [0, 0.1) is 12.0 Å². The molecular formula is C33H59Cl2NTi. The number of hydrogen-bond acceptors (Lipinski definition) is 0. The molecule has 2 saturated carbocycles. The molecule has 0 heterocycles. The minimum absolute atomic E-state index is 0. The average molecular weight is 589 g/mol. The van der Waals surface area contributed by atoms with Gasteiger partial charge in [-0.3, -0.25) is 6.08 Å². The van der Waals surface area contributed by atoms with Gasteiger partial charge in [0, 0.05) is 0 Å². The zero-order chi connectivity index (χ0) is 24.4. The first kappa shape index (κ1) is 39.9. The summed E-state index contributed by atoms with van der Waals surface area (Å²) in [5, 5.41) is 5.45. The summed E-state index contributed by atoms with van der Waals surface area (Å²) in [6, 6.07) is 1.38. The van der Waals surface area contributed by atoms with Crippen LogP contribution in [0.5, 0.6) is 0 Å². The molecular weight excluding hydrogens is 529 g/mol. The Kier molecular flexibility index (Phi) is 27.7. The van der Waals surface area contributed by atoms with E-state index in [1.165, 1.54) is 158 Å². The molecule has 1 atom stereocenters. The molecule has 0 aromatic carbocycles. The molecule has 3 aliphatic rings. The first-order chi connectivity index (χ1) is 16.6. The van der Waals surface area contributed by atoms with E-state index in [-0.39, 0.29) is 46.5 Å². The maximum atomic E-state index is 5.45. The monoisotopic (exact) mass is 587 g/mol. The smallest absolute Gasteiger partial charge is 1.00 e. The molecule has 0 radical (unpaired) electrons. The summed E-state index contributed by atoms with van der Waals surface area (Å²) in [6.45, 7) is 8.67. The Morgan fingerprint density at radius 1 is 0.514 bits per heavy atom. The molecule has 0 aliphatic heterocycles. The molecule has 3 rings (SSSR count). The molecule has 214 valence electrons. The summed E-state index contributed by atoms with van der Waals surface area (Å²) < 4.78 is 0. The third-order valence-corrected chi connectivity index (χ3v) is 8.81. The van der Waals surface area contributed by atoms with Crippen LogP contribution in [0.25, 0.3) is 5.32 Å². The Morgan fingerprint density at radius 3 is 0.973 bits per heavy atom. The van der Waals surface area contributed by atoms with Crippen molar-refractivity contribution in [2.75, 3.05) is 0 Å². The molecule has 0 N–H and O–H groups in total. The molecule has 37 heavy (non-hydrogen) atoms. The molecule has 0 saturated heterocycles. The molecule has 3 aliphatic carbocycles. The van der Waals surface area contributed by atoms with Gasteiger partial charge in [-0.2, -0.15) is 11.1 Å². The summed E-state index contributed by atoms with van der Waals surface area (Å²) in [5.41, 5.74) is 4.25. The predicted molar refractivity (Wildman–Crippen MR) is 152 cm³/mol. The zero-order valence-corrected chi connectivity index (χ0v) is 28.1. The number of allylic oxidation sites excluding steroid dienone is 4. The number of hydrogen-bond donors (Lipinski definition) is 0. The van der Waals surface area contributed by atoms with Crippen molar-refractivity contribution >= 4 is 0 Å². The fourth-order valence-electron chi connectivity index (χ4n) is 6.04. The molecule has 1 unspecified atom stereocenters. The van der Waals surface area contributed by atoms with Gasteiger partial charge in [0.05, 0.1) is 0 Å². The molecule has 0 bridgehead atoms. The Balaban J connectivity index is 0. The minimum Gasteiger partial charge on any atom is -1.00 e. The topological polar surface area (TPSA) is 14.1 Å². The van der Waals surface area contributed by atoms with Gasteiger partial charge >= 0.3 is 21.7 Å². The summed E-state index contributed by atoms with van der Waals surface area (Å²) in [7, 11) is 0.